The highest BCUT2D eigenvalue weighted by molar-refractivity contribution is 5.10. The Bertz CT molecular complexity index is 678. The molecule has 0 bridgehead atoms. The molecule has 0 saturated carbocycles. The van der Waals surface area contributed by atoms with Gasteiger partial charge in [0.2, 0.25) is 0 Å². The van der Waals surface area contributed by atoms with Gasteiger partial charge in [0.15, 0.2) is 0 Å². The van der Waals surface area contributed by atoms with Crippen LogP contribution in [0.3, 0.4) is 0 Å². The number of H-pyrrole nitrogens is 2. The molecule has 0 radical (unpaired) electrons. The average molecular weight is 289 g/mol. The minimum absolute atomic E-state index is 0.138. The summed E-state index contributed by atoms with van der Waals surface area (Å²) >= 11 is 0. The van der Waals surface area contributed by atoms with Crippen molar-refractivity contribution < 1.29 is 4.74 Å². The molecule has 2 N–H and O–H groups in total. The summed E-state index contributed by atoms with van der Waals surface area (Å²) in [5.41, 5.74) is 2.69. The Hall–Kier alpha value is -1.99. The van der Waals surface area contributed by atoms with E-state index in [9.17, 15) is 4.79 Å². The summed E-state index contributed by atoms with van der Waals surface area (Å²) in [6.45, 7) is 6.76. The lowest BCUT2D eigenvalue weighted by Crippen LogP contribution is -2.38. The number of hydrogen-bond acceptors (Lipinski definition) is 5. The Kier molecular flexibility index (Phi) is 3.85. The molecule has 7 heteroatoms. The molecule has 3 heterocycles. The zero-order valence-corrected chi connectivity index (χ0v) is 12.2. The first-order valence-corrected chi connectivity index (χ1v) is 7.02. The van der Waals surface area contributed by atoms with E-state index in [4.69, 9.17) is 4.74 Å². The molecule has 1 aliphatic heterocycles. The minimum Gasteiger partial charge on any atom is -0.369 e. The van der Waals surface area contributed by atoms with Gasteiger partial charge >= 0.3 is 0 Å². The van der Waals surface area contributed by atoms with Gasteiger partial charge in [0, 0.05) is 31.4 Å². The number of aromatic amines is 2. The Labute approximate surface area is 122 Å². The van der Waals surface area contributed by atoms with Gasteiger partial charge in [-0.15, -0.1) is 0 Å². The number of hydrogen-bond donors (Lipinski definition) is 2. The Morgan fingerprint density at radius 3 is 3.05 bits per heavy atom. The van der Waals surface area contributed by atoms with E-state index in [1.54, 1.807) is 13.3 Å². The van der Waals surface area contributed by atoms with Crippen LogP contribution >= 0.6 is 0 Å². The van der Waals surface area contributed by atoms with E-state index >= 15 is 0 Å². The van der Waals surface area contributed by atoms with E-state index in [1.807, 2.05) is 6.92 Å². The highest BCUT2D eigenvalue weighted by Crippen LogP contribution is 2.21. The van der Waals surface area contributed by atoms with Gasteiger partial charge in [-0.05, 0) is 13.8 Å². The summed E-state index contributed by atoms with van der Waals surface area (Å²) in [5.74, 6) is 0.612. The van der Waals surface area contributed by atoms with Crippen molar-refractivity contribution in [2.24, 2.45) is 0 Å². The second-order valence-electron chi connectivity index (χ2n) is 5.32. The van der Waals surface area contributed by atoms with Crippen molar-refractivity contribution in [1.82, 2.24) is 24.8 Å². The predicted octanol–water partition coefficient (Wildman–Crippen LogP) is 0.683. The maximum Gasteiger partial charge on any atom is 0.251 e. The lowest BCUT2D eigenvalue weighted by molar-refractivity contribution is -0.0355. The van der Waals surface area contributed by atoms with Crippen molar-refractivity contribution in [3.8, 4) is 0 Å². The Morgan fingerprint density at radius 1 is 1.48 bits per heavy atom. The smallest absolute Gasteiger partial charge is 0.251 e. The van der Waals surface area contributed by atoms with Crippen LogP contribution in [-0.4, -0.2) is 44.5 Å². The largest absolute Gasteiger partial charge is 0.369 e. The number of rotatable bonds is 3. The van der Waals surface area contributed by atoms with Crippen molar-refractivity contribution >= 4 is 0 Å². The maximum atomic E-state index is 11.6. The molecule has 1 aliphatic rings. The molecular weight excluding hydrogens is 270 g/mol. The van der Waals surface area contributed by atoms with E-state index in [0.29, 0.717) is 24.7 Å². The fourth-order valence-corrected chi connectivity index (χ4v) is 2.55. The summed E-state index contributed by atoms with van der Waals surface area (Å²) < 4.78 is 5.77. The third kappa shape index (κ3) is 3.20. The monoisotopic (exact) mass is 289 g/mol. The van der Waals surface area contributed by atoms with Crippen LogP contribution in [0.4, 0.5) is 0 Å². The third-order valence-corrected chi connectivity index (χ3v) is 3.67. The fraction of sp³-hybridized carbons (Fsp3) is 0.500. The van der Waals surface area contributed by atoms with E-state index in [2.05, 4.69) is 24.8 Å². The lowest BCUT2D eigenvalue weighted by atomic mass is 10.2. The van der Waals surface area contributed by atoms with Crippen LogP contribution in [0.25, 0.3) is 0 Å². The van der Waals surface area contributed by atoms with Crippen LogP contribution in [0.2, 0.25) is 0 Å². The van der Waals surface area contributed by atoms with Crippen molar-refractivity contribution in [2.45, 2.75) is 26.5 Å². The van der Waals surface area contributed by atoms with Gasteiger partial charge in [0.05, 0.1) is 24.3 Å². The molecule has 7 nitrogen and oxygen atoms in total. The van der Waals surface area contributed by atoms with Crippen LogP contribution in [0.5, 0.6) is 0 Å². The zero-order chi connectivity index (χ0) is 14.8. The molecular formula is C14H19N5O2. The normalized spacial score (nSPS) is 19.8. The molecule has 2 aromatic heterocycles. The number of nitrogens with zero attached hydrogens (tertiary/aromatic N) is 3. The highest BCUT2D eigenvalue weighted by Gasteiger charge is 2.24. The van der Waals surface area contributed by atoms with Crippen LogP contribution in [0.15, 0.2) is 17.2 Å². The number of morpholine rings is 1. The maximum absolute atomic E-state index is 11.6. The third-order valence-electron chi connectivity index (χ3n) is 3.67. The molecule has 0 aliphatic carbocycles. The fourth-order valence-electron chi connectivity index (χ4n) is 2.55. The molecule has 1 fully saturated rings. The SMILES string of the molecule is Cc1nc(C2CN(Cc3nc[nH]c3C)CCO2)cc(=O)[nH]1. The van der Waals surface area contributed by atoms with Gasteiger partial charge in [-0.2, -0.15) is 0 Å². The Morgan fingerprint density at radius 2 is 2.33 bits per heavy atom. The molecule has 112 valence electrons. The molecule has 1 unspecified atom stereocenters. The quantitative estimate of drug-likeness (QED) is 0.868. The minimum atomic E-state index is -0.168. The van der Waals surface area contributed by atoms with Crippen molar-refractivity contribution in [2.75, 3.05) is 19.7 Å². The molecule has 0 spiro atoms. The van der Waals surface area contributed by atoms with Crippen molar-refractivity contribution in [1.29, 1.82) is 0 Å². The van der Waals surface area contributed by atoms with Crippen molar-refractivity contribution in [3.63, 3.8) is 0 Å². The molecule has 21 heavy (non-hydrogen) atoms. The van der Waals surface area contributed by atoms with E-state index in [-0.39, 0.29) is 11.7 Å². The van der Waals surface area contributed by atoms with Crippen molar-refractivity contribution in [3.05, 3.63) is 45.7 Å². The molecule has 0 amide bonds. The zero-order valence-electron chi connectivity index (χ0n) is 12.2. The molecule has 1 saturated heterocycles. The number of nitrogens with one attached hydrogen (secondary N) is 2. The summed E-state index contributed by atoms with van der Waals surface area (Å²) in [6, 6.07) is 1.51. The van der Waals surface area contributed by atoms with Crippen LogP contribution in [0.1, 0.15) is 29.0 Å². The van der Waals surface area contributed by atoms with Gasteiger partial charge in [-0.25, -0.2) is 9.97 Å². The van der Waals surface area contributed by atoms with Gasteiger partial charge in [0.1, 0.15) is 11.9 Å². The molecule has 3 rings (SSSR count). The van der Waals surface area contributed by atoms with E-state index in [0.717, 1.165) is 24.5 Å². The predicted molar refractivity (Wildman–Crippen MR) is 76.9 cm³/mol. The van der Waals surface area contributed by atoms with E-state index < -0.39 is 0 Å². The topological polar surface area (TPSA) is 86.9 Å². The molecule has 1 atom stereocenters. The van der Waals surface area contributed by atoms with Crippen LogP contribution in [-0.2, 0) is 11.3 Å². The standard InChI is InChI=1S/C14H19N5O2/c1-9-12(16-8-15-9)6-19-3-4-21-13(7-19)11-5-14(20)18-10(2)17-11/h5,8,13H,3-4,6-7H2,1-2H3,(H,15,16)(H,17,18,20). The second-order valence-corrected chi connectivity index (χ2v) is 5.32. The van der Waals surface area contributed by atoms with Crippen LogP contribution < -0.4 is 5.56 Å². The summed E-state index contributed by atoms with van der Waals surface area (Å²) in [5, 5.41) is 0. The number of aromatic nitrogens is 4. The van der Waals surface area contributed by atoms with Gasteiger partial charge in [0.25, 0.3) is 5.56 Å². The number of ether oxygens (including phenoxy) is 1. The molecule has 0 aromatic carbocycles. The average Bonchev–Trinajstić information content (AvgIpc) is 2.84. The van der Waals surface area contributed by atoms with Gasteiger partial charge < -0.3 is 14.7 Å². The number of aryl methyl sites for hydroxylation is 2. The van der Waals surface area contributed by atoms with Crippen LogP contribution in [0, 0.1) is 13.8 Å². The summed E-state index contributed by atoms with van der Waals surface area (Å²) in [4.78, 5) is 28.3. The van der Waals surface area contributed by atoms with Gasteiger partial charge in [-0.1, -0.05) is 0 Å². The Balaban J connectivity index is 1.73. The number of imidazole rings is 1. The lowest BCUT2D eigenvalue weighted by Gasteiger charge is -2.32. The molecule has 2 aromatic rings. The second kappa shape index (κ2) is 5.79. The van der Waals surface area contributed by atoms with Gasteiger partial charge in [-0.3, -0.25) is 9.69 Å². The van der Waals surface area contributed by atoms with E-state index in [1.165, 1.54) is 6.07 Å². The highest BCUT2D eigenvalue weighted by atomic mass is 16.5. The summed E-state index contributed by atoms with van der Waals surface area (Å²) in [6.07, 6.45) is 1.54. The first-order chi connectivity index (χ1) is 10.1. The first-order valence-electron chi connectivity index (χ1n) is 7.02. The first kappa shape index (κ1) is 14.0. The summed E-state index contributed by atoms with van der Waals surface area (Å²) in [7, 11) is 0.